The van der Waals surface area contributed by atoms with Crippen molar-refractivity contribution in [3.05, 3.63) is 0 Å². The van der Waals surface area contributed by atoms with Crippen molar-refractivity contribution in [1.82, 2.24) is 5.32 Å². The van der Waals surface area contributed by atoms with Crippen molar-refractivity contribution >= 4 is 9.84 Å². The van der Waals surface area contributed by atoms with Gasteiger partial charge in [-0.05, 0) is 56.9 Å². The van der Waals surface area contributed by atoms with Crippen molar-refractivity contribution in [1.29, 1.82) is 0 Å². The van der Waals surface area contributed by atoms with E-state index >= 15 is 0 Å². The van der Waals surface area contributed by atoms with Gasteiger partial charge in [0.1, 0.15) is 9.84 Å². The molecule has 1 N–H and O–H groups in total. The van der Waals surface area contributed by atoms with Gasteiger partial charge in [0.05, 0.1) is 5.25 Å². The molecule has 0 heterocycles. The van der Waals surface area contributed by atoms with Gasteiger partial charge in [-0.15, -0.1) is 0 Å². The average molecular weight is 273 g/mol. The first kappa shape index (κ1) is 14.3. The molecule has 0 bridgehead atoms. The maximum absolute atomic E-state index is 11.7. The third-order valence-corrected chi connectivity index (χ3v) is 6.18. The summed E-state index contributed by atoms with van der Waals surface area (Å²) in [6.45, 7) is 3.26. The second-order valence-electron chi connectivity index (χ2n) is 6.20. The molecule has 2 aliphatic rings. The van der Waals surface area contributed by atoms with E-state index in [1.54, 1.807) is 0 Å². The summed E-state index contributed by atoms with van der Waals surface area (Å²) in [7, 11) is -2.85. The Balaban J connectivity index is 1.97. The highest BCUT2D eigenvalue weighted by Crippen LogP contribution is 2.41. The minimum absolute atomic E-state index is 0.0825. The van der Waals surface area contributed by atoms with Crippen LogP contribution in [0, 0.1) is 11.8 Å². The van der Waals surface area contributed by atoms with Crippen LogP contribution in [0.15, 0.2) is 0 Å². The van der Waals surface area contributed by atoms with E-state index in [1.165, 1.54) is 25.5 Å². The van der Waals surface area contributed by atoms with Crippen LogP contribution in [0.4, 0.5) is 0 Å². The zero-order valence-electron chi connectivity index (χ0n) is 11.7. The lowest BCUT2D eigenvalue weighted by molar-refractivity contribution is 0.249. The van der Waals surface area contributed by atoms with E-state index in [1.807, 2.05) is 0 Å². The van der Waals surface area contributed by atoms with Crippen molar-refractivity contribution in [2.75, 3.05) is 12.8 Å². The Labute approximate surface area is 112 Å². The molecule has 0 spiro atoms. The summed E-state index contributed by atoms with van der Waals surface area (Å²) in [6.07, 6.45) is 9.29. The predicted octanol–water partition coefficient (Wildman–Crippen LogP) is 2.37. The normalized spacial score (nSPS) is 31.2. The van der Waals surface area contributed by atoms with E-state index in [-0.39, 0.29) is 5.25 Å². The Morgan fingerprint density at radius 3 is 2.44 bits per heavy atom. The zero-order valence-corrected chi connectivity index (χ0v) is 12.5. The molecule has 2 fully saturated rings. The SMILES string of the molecule is CCCNC(C1CC1)C1CCCC(S(C)(=O)=O)C1. The molecule has 4 heteroatoms. The van der Waals surface area contributed by atoms with Crippen LogP contribution in [-0.2, 0) is 9.84 Å². The molecular weight excluding hydrogens is 246 g/mol. The van der Waals surface area contributed by atoms with Crippen molar-refractivity contribution in [2.45, 2.75) is 63.2 Å². The van der Waals surface area contributed by atoms with Gasteiger partial charge in [0.25, 0.3) is 0 Å². The molecule has 2 saturated carbocycles. The van der Waals surface area contributed by atoms with Gasteiger partial charge in [0.15, 0.2) is 0 Å². The lowest BCUT2D eigenvalue weighted by Gasteiger charge is -2.34. The largest absolute Gasteiger partial charge is 0.313 e. The van der Waals surface area contributed by atoms with E-state index in [9.17, 15) is 8.42 Å². The molecule has 0 saturated heterocycles. The Morgan fingerprint density at radius 1 is 1.17 bits per heavy atom. The fraction of sp³-hybridized carbons (Fsp3) is 1.00. The number of sulfone groups is 1. The first-order chi connectivity index (χ1) is 8.52. The molecule has 0 amide bonds. The number of hydrogen-bond acceptors (Lipinski definition) is 3. The highest BCUT2D eigenvalue weighted by atomic mass is 32.2. The van der Waals surface area contributed by atoms with E-state index in [2.05, 4.69) is 12.2 Å². The van der Waals surface area contributed by atoms with Crippen molar-refractivity contribution in [2.24, 2.45) is 11.8 Å². The molecule has 0 aromatic rings. The molecule has 3 unspecified atom stereocenters. The Bertz CT molecular complexity index is 362. The van der Waals surface area contributed by atoms with E-state index in [0.717, 1.165) is 38.1 Å². The Kier molecular flexibility index (Phi) is 4.70. The minimum Gasteiger partial charge on any atom is -0.313 e. The fourth-order valence-corrected chi connectivity index (χ4v) is 4.57. The van der Waals surface area contributed by atoms with Crippen molar-refractivity contribution < 1.29 is 8.42 Å². The molecule has 2 rings (SSSR count). The smallest absolute Gasteiger partial charge is 0.150 e. The summed E-state index contributed by atoms with van der Waals surface area (Å²) in [6, 6.07) is 0.578. The number of rotatable bonds is 6. The van der Waals surface area contributed by atoms with Gasteiger partial charge in [-0.3, -0.25) is 0 Å². The summed E-state index contributed by atoms with van der Waals surface area (Å²) in [4.78, 5) is 0. The van der Waals surface area contributed by atoms with Crippen LogP contribution >= 0.6 is 0 Å². The topological polar surface area (TPSA) is 46.2 Å². The summed E-state index contributed by atoms with van der Waals surface area (Å²) < 4.78 is 23.5. The highest BCUT2D eigenvalue weighted by molar-refractivity contribution is 7.91. The van der Waals surface area contributed by atoms with Crippen LogP contribution in [-0.4, -0.2) is 32.5 Å². The number of nitrogens with one attached hydrogen (secondary N) is 1. The van der Waals surface area contributed by atoms with E-state index in [0.29, 0.717) is 12.0 Å². The Hall–Kier alpha value is -0.0900. The maximum Gasteiger partial charge on any atom is 0.150 e. The van der Waals surface area contributed by atoms with Crippen molar-refractivity contribution in [3.8, 4) is 0 Å². The standard InChI is InChI=1S/C14H27NO2S/c1-3-9-15-14(11-7-8-11)12-5-4-6-13(10-12)18(2,16)17/h11-15H,3-10H2,1-2H3. The molecule has 0 radical (unpaired) electrons. The van der Waals surface area contributed by atoms with E-state index in [4.69, 9.17) is 0 Å². The summed E-state index contributed by atoms with van der Waals surface area (Å²) >= 11 is 0. The Morgan fingerprint density at radius 2 is 1.89 bits per heavy atom. The van der Waals surface area contributed by atoms with Crippen LogP contribution in [0.1, 0.15) is 51.9 Å². The highest BCUT2D eigenvalue weighted by Gasteiger charge is 2.39. The summed E-state index contributed by atoms with van der Waals surface area (Å²) in [5, 5.41) is 3.60. The lowest BCUT2D eigenvalue weighted by atomic mass is 9.81. The third kappa shape index (κ3) is 3.70. The van der Waals surface area contributed by atoms with Gasteiger partial charge < -0.3 is 5.32 Å². The molecule has 106 valence electrons. The molecule has 2 aliphatic carbocycles. The molecule has 3 nitrogen and oxygen atoms in total. The fourth-order valence-electron chi connectivity index (χ4n) is 3.38. The average Bonchev–Trinajstić information content (AvgIpc) is 3.13. The summed E-state index contributed by atoms with van der Waals surface area (Å²) in [5.74, 6) is 1.40. The van der Waals surface area contributed by atoms with E-state index < -0.39 is 9.84 Å². The summed E-state index contributed by atoms with van der Waals surface area (Å²) in [5.41, 5.74) is 0. The second kappa shape index (κ2) is 5.91. The van der Waals surface area contributed by atoms with Crippen LogP contribution in [0.5, 0.6) is 0 Å². The first-order valence-corrected chi connectivity index (χ1v) is 9.40. The third-order valence-electron chi connectivity index (χ3n) is 4.54. The van der Waals surface area contributed by atoms with Gasteiger partial charge >= 0.3 is 0 Å². The lowest BCUT2D eigenvalue weighted by Crippen LogP contribution is -2.42. The number of hydrogen-bond donors (Lipinski definition) is 1. The van der Waals surface area contributed by atoms with Crippen LogP contribution in [0.2, 0.25) is 0 Å². The maximum atomic E-state index is 11.7. The van der Waals surface area contributed by atoms with Gasteiger partial charge in [0, 0.05) is 12.3 Å². The second-order valence-corrected chi connectivity index (χ2v) is 8.52. The molecule has 0 aromatic carbocycles. The van der Waals surface area contributed by atoms with Gasteiger partial charge in [-0.25, -0.2) is 8.42 Å². The van der Waals surface area contributed by atoms with Crippen LogP contribution in [0.3, 0.4) is 0 Å². The quantitative estimate of drug-likeness (QED) is 0.808. The molecule has 3 atom stereocenters. The monoisotopic (exact) mass is 273 g/mol. The van der Waals surface area contributed by atoms with Crippen molar-refractivity contribution in [3.63, 3.8) is 0 Å². The van der Waals surface area contributed by atoms with Gasteiger partial charge in [-0.1, -0.05) is 13.3 Å². The van der Waals surface area contributed by atoms with Gasteiger partial charge in [-0.2, -0.15) is 0 Å². The first-order valence-electron chi connectivity index (χ1n) is 7.44. The van der Waals surface area contributed by atoms with Crippen LogP contribution < -0.4 is 5.32 Å². The van der Waals surface area contributed by atoms with Crippen LogP contribution in [0.25, 0.3) is 0 Å². The van der Waals surface area contributed by atoms with Gasteiger partial charge in [0.2, 0.25) is 0 Å². The molecular formula is C14H27NO2S. The molecule has 0 aliphatic heterocycles. The predicted molar refractivity (Wildman–Crippen MR) is 75.4 cm³/mol. The molecule has 18 heavy (non-hydrogen) atoms. The molecule has 0 aromatic heterocycles. The zero-order chi connectivity index (χ0) is 13.2. The minimum atomic E-state index is -2.85.